The first kappa shape index (κ1) is 16.3. The summed E-state index contributed by atoms with van der Waals surface area (Å²) in [5, 5.41) is 10.2. The molecule has 1 N–H and O–H groups in total. The molecule has 1 aromatic carbocycles. The fraction of sp³-hybridized carbons (Fsp3) is 0.214. The minimum absolute atomic E-state index is 0.111. The Morgan fingerprint density at radius 3 is 2.14 bits per heavy atom. The molecule has 1 aromatic heterocycles. The van der Waals surface area contributed by atoms with Gasteiger partial charge >= 0.3 is 6.18 Å². The molecule has 0 saturated heterocycles. The molecule has 2 rings (SSSR count). The van der Waals surface area contributed by atoms with Crippen molar-refractivity contribution in [2.24, 2.45) is 0 Å². The Hall–Kier alpha value is -1.11. The van der Waals surface area contributed by atoms with Crippen LogP contribution in [0.3, 0.4) is 0 Å². The summed E-state index contributed by atoms with van der Waals surface area (Å²) in [6.45, 7) is 1.45. The Balaban J connectivity index is 2.47. The van der Waals surface area contributed by atoms with E-state index in [1.54, 1.807) is 24.3 Å². The van der Waals surface area contributed by atoms with Gasteiger partial charge in [-0.3, -0.25) is 0 Å². The highest BCUT2D eigenvalue weighted by molar-refractivity contribution is 9.10. The van der Waals surface area contributed by atoms with Crippen LogP contribution in [0.15, 0.2) is 40.9 Å². The fourth-order valence-electron chi connectivity index (χ4n) is 1.89. The number of hydrogen-bond acceptors (Lipinski definition) is 2. The van der Waals surface area contributed by atoms with Crippen LogP contribution in [-0.2, 0) is 11.8 Å². The van der Waals surface area contributed by atoms with E-state index in [1.807, 2.05) is 0 Å². The van der Waals surface area contributed by atoms with Gasteiger partial charge in [-0.1, -0.05) is 45.7 Å². The van der Waals surface area contributed by atoms with Crippen LogP contribution in [0.2, 0.25) is 5.15 Å². The van der Waals surface area contributed by atoms with Gasteiger partial charge in [0.2, 0.25) is 0 Å². The summed E-state index contributed by atoms with van der Waals surface area (Å²) >= 11 is 9.09. The number of hydrogen-bond donors (Lipinski definition) is 1. The Labute approximate surface area is 132 Å². The van der Waals surface area contributed by atoms with Crippen LogP contribution in [-0.4, -0.2) is 10.1 Å². The van der Waals surface area contributed by atoms with Crippen molar-refractivity contribution in [3.05, 3.63) is 62.8 Å². The van der Waals surface area contributed by atoms with Gasteiger partial charge in [0.05, 0.1) is 0 Å². The second-order valence-corrected chi connectivity index (χ2v) is 5.89. The highest BCUT2D eigenvalue weighted by Crippen LogP contribution is 2.36. The molecule has 1 atom stereocenters. The molecule has 7 heteroatoms. The van der Waals surface area contributed by atoms with Gasteiger partial charge in [-0.05, 0) is 30.7 Å². The zero-order chi connectivity index (χ0) is 15.8. The first-order chi connectivity index (χ1) is 9.62. The van der Waals surface area contributed by atoms with Gasteiger partial charge in [0.25, 0.3) is 0 Å². The molecule has 0 bridgehead atoms. The number of halogens is 5. The standard InChI is InChI=1S/C14H10BrClF3NO/c1-13(21,8-2-4-9(15)5-3-8)10-6-7-11(14(17,18)19)20-12(10)16/h2-7,21H,1H3. The van der Waals surface area contributed by atoms with E-state index in [-0.39, 0.29) is 10.7 Å². The van der Waals surface area contributed by atoms with Crippen LogP contribution in [0.5, 0.6) is 0 Å². The highest BCUT2D eigenvalue weighted by atomic mass is 79.9. The lowest BCUT2D eigenvalue weighted by atomic mass is 9.89. The molecule has 0 saturated carbocycles. The van der Waals surface area contributed by atoms with Crippen molar-refractivity contribution in [3.63, 3.8) is 0 Å². The van der Waals surface area contributed by atoms with Gasteiger partial charge in [-0.25, -0.2) is 4.98 Å². The molecule has 2 aromatic rings. The summed E-state index contributed by atoms with van der Waals surface area (Å²) in [5.41, 5.74) is -2.04. The normalized spacial score (nSPS) is 14.8. The maximum absolute atomic E-state index is 12.6. The summed E-state index contributed by atoms with van der Waals surface area (Å²) in [7, 11) is 0. The molecule has 1 heterocycles. The number of aromatic nitrogens is 1. The lowest BCUT2D eigenvalue weighted by Gasteiger charge is -2.25. The molecule has 0 radical (unpaired) electrons. The number of pyridine rings is 1. The zero-order valence-corrected chi connectivity index (χ0v) is 13.1. The molecule has 2 nitrogen and oxygen atoms in total. The van der Waals surface area contributed by atoms with E-state index < -0.39 is 17.5 Å². The van der Waals surface area contributed by atoms with Gasteiger partial charge < -0.3 is 5.11 Å². The van der Waals surface area contributed by atoms with E-state index in [9.17, 15) is 18.3 Å². The van der Waals surface area contributed by atoms with Crippen LogP contribution >= 0.6 is 27.5 Å². The van der Waals surface area contributed by atoms with Crippen LogP contribution in [0.4, 0.5) is 13.2 Å². The van der Waals surface area contributed by atoms with E-state index in [0.29, 0.717) is 5.56 Å². The SMILES string of the molecule is CC(O)(c1ccc(Br)cc1)c1ccc(C(F)(F)F)nc1Cl. The molecular formula is C14H10BrClF3NO. The third-order valence-corrected chi connectivity index (χ3v) is 3.89. The molecule has 0 amide bonds. The summed E-state index contributed by atoms with van der Waals surface area (Å²) in [5.74, 6) is 0. The molecule has 0 aliphatic carbocycles. The smallest absolute Gasteiger partial charge is 0.381 e. The Morgan fingerprint density at radius 2 is 1.67 bits per heavy atom. The summed E-state index contributed by atoms with van der Waals surface area (Å²) in [4.78, 5) is 3.32. The summed E-state index contributed by atoms with van der Waals surface area (Å²) in [6, 6.07) is 8.68. The van der Waals surface area contributed by atoms with Crippen LogP contribution in [0.25, 0.3) is 0 Å². The van der Waals surface area contributed by atoms with E-state index in [0.717, 1.165) is 16.6 Å². The lowest BCUT2D eigenvalue weighted by Crippen LogP contribution is -2.24. The maximum atomic E-state index is 12.6. The van der Waals surface area contributed by atoms with E-state index >= 15 is 0 Å². The average molecular weight is 381 g/mol. The predicted octanol–water partition coefficient (Wildman–Crippen LogP) is 4.77. The first-order valence-electron chi connectivity index (χ1n) is 5.85. The van der Waals surface area contributed by atoms with Gasteiger partial charge in [0, 0.05) is 10.0 Å². The topological polar surface area (TPSA) is 33.1 Å². The average Bonchev–Trinajstić information content (AvgIpc) is 2.37. The second kappa shape index (κ2) is 5.59. The van der Waals surface area contributed by atoms with E-state index in [1.165, 1.54) is 6.92 Å². The monoisotopic (exact) mass is 379 g/mol. The number of rotatable bonds is 2. The molecule has 0 aliphatic rings. The minimum Gasteiger partial charge on any atom is -0.381 e. The quantitative estimate of drug-likeness (QED) is 0.761. The van der Waals surface area contributed by atoms with Crippen LogP contribution in [0, 0.1) is 0 Å². The number of alkyl halides is 3. The Kier molecular flexibility index (Phi) is 4.33. The molecular weight excluding hydrogens is 371 g/mol. The zero-order valence-electron chi connectivity index (χ0n) is 10.7. The van der Waals surface area contributed by atoms with Gasteiger partial charge in [0.1, 0.15) is 16.4 Å². The van der Waals surface area contributed by atoms with Crippen molar-refractivity contribution in [2.45, 2.75) is 18.7 Å². The second-order valence-electron chi connectivity index (χ2n) is 4.61. The Morgan fingerprint density at radius 1 is 1.10 bits per heavy atom. The predicted molar refractivity (Wildman–Crippen MR) is 77.1 cm³/mol. The number of aliphatic hydroxyl groups is 1. The molecule has 0 aliphatic heterocycles. The minimum atomic E-state index is -4.58. The number of benzene rings is 1. The third kappa shape index (κ3) is 3.39. The first-order valence-corrected chi connectivity index (χ1v) is 7.02. The number of nitrogens with zero attached hydrogens (tertiary/aromatic N) is 1. The highest BCUT2D eigenvalue weighted by Gasteiger charge is 2.35. The summed E-state index contributed by atoms with van der Waals surface area (Å²) in [6.07, 6.45) is -4.58. The van der Waals surface area contributed by atoms with E-state index in [4.69, 9.17) is 11.6 Å². The molecule has 0 fully saturated rings. The van der Waals surface area contributed by atoms with Crippen LogP contribution < -0.4 is 0 Å². The lowest BCUT2D eigenvalue weighted by molar-refractivity contribution is -0.141. The van der Waals surface area contributed by atoms with Crippen molar-refractivity contribution >= 4 is 27.5 Å². The maximum Gasteiger partial charge on any atom is 0.433 e. The van der Waals surface area contributed by atoms with Gasteiger partial charge in [-0.2, -0.15) is 13.2 Å². The van der Waals surface area contributed by atoms with Crippen molar-refractivity contribution in [2.75, 3.05) is 0 Å². The Bertz CT molecular complexity index is 656. The molecule has 1 unspecified atom stereocenters. The molecule has 0 spiro atoms. The third-order valence-electron chi connectivity index (χ3n) is 3.07. The van der Waals surface area contributed by atoms with Crippen molar-refractivity contribution in [3.8, 4) is 0 Å². The van der Waals surface area contributed by atoms with Crippen LogP contribution in [0.1, 0.15) is 23.7 Å². The fourth-order valence-corrected chi connectivity index (χ4v) is 2.49. The van der Waals surface area contributed by atoms with Crippen molar-refractivity contribution < 1.29 is 18.3 Å². The summed E-state index contributed by atoms with van der Waals surface area (Å²) < 4.78 is 38.5. The molecule has 21 heavy (non-hydrogen) atoms. The van der Waals surface area contributed by atoms with Crippen molar-refractivity contribution in [1.82, 2.24) is 4.98 Å². The van der Waals surface area contributed by atoms with E-state index in [2.05, 4.69) is 20.9 Å². The van der Waals surface area contributed by atoms with Gasteiger partial charge in [0.15, 0.2) is 0 Å². The largest absolute Gasteiger partial charge is 0.433 e. The van der Waals surface area contributed by atoms with Gasteiger partial charge in [-0.15, -0.1) is 0 Å². The van der Waals surface area contributed by atoms with Crippen molar-refractivity contribution in [1.29, 1.82) is 0 Å². The molecule has 112 valence electrons.